The van der Waals surface area contributed by atoms with E-state index in [1.54, 1.807) is 0 Å². The molecule has 0 aromatic heterocycles. The number of fused-ring (bicyclic) bond motifs is 1. The lowest BCUT2D eigenvalue weighted by atomic mass is 9.83. The van der Waals surface area contributed by atoms with E-state index in [9.17, 15) is 4.79 Å². The lowest BCUT2D eigenvalue weighted by Gasteiger charge is -2.26. The largest absolute Gasteiger partial charge is 0.382 e. The van der Waals surface area contributed by atoms with Gasteiger partial charge < -0.3 is 10.6 Å². The Kier molecular flexibility index (Phi) is 3.83. The smallest absolute Gasteiger partial charge is 0.230 e. The molecular weight excluding hydrogens is 296 g/mol. The maximum absolute atomic E-state index is 12.7. The van der Waals surface area contributed by atoms with Gasteiger partial charge in [0, 0.05) is 17.3 Å². The number of rotatable bonds is 3. The third kappa shape index (κ3) is 2.69. The minimum absolute atomic E-state index is 0.00951. The number of benzene rings is 2. The van der Waals surface area contributed by atoms with Gasteiger partial charge in [0.15, 0.2) is 0 Å². The van der Waals surface area contributed by atoms with E-state index in [-0.39, 0.29) is 11.9 Å². The lowest BCUT2D eigenvalue weighted by molar-refractivity contribution is -0.126. The molecule has 3 rings (SSSR count). The zero-order chi connectivity index (χ0) is 15.7. The number of amides is 1. The van der Waals surface area contributed by atoms with Crippen molar-refractivity contribution in [3.63, 3.8) is 0 Å². The highest BCUT2D eigenvalue weighted by Crippen LogP contribution is 2.31. The molecule has 114 valence electrons. The summed E-state index contributed by atoms with van der Waals surface area (Å²) in [5, 5.41) is 7.15. The van der Waals surface area contributed by atoms with Crippen molar-refractivity contribution in [1.29, 1.82) is 0 Å². The molecule has 0 fully saturated rings. The van der Waals surface area contributed by atoms with Crippen molar-refractivity contribution in [2.45, 2.75) is 25.3 Å². The fourth-order valence-electron chi connectivity index (χ4n) is 2.75. The van der Waals surface area contributed by atoms with Crippen LogP contribution in [0.15, 0.2) is 48.5 Å². The molecule has 0 bridgehead atoms. The summed E-state index contributed by atoms with van der Waals surface area (Å²) < 4.78 is 0. The Bertz CT molecular complexity index is 694. The van der Waals surface area contributed by atoms with Crippen LogP contribution >= 0.6 is 11.6 Å². The summed E-state index contributed by atoms with van der Waals surface area (Å²) in [6.07, 6.45) is 0. The maximum Gasteiger partial charge on any atom is 0.230 e. The van der Waals surface area contributed by atoms with Gasteiger partial charge in [-0.25, -0.2) is 0 Å². The third-order valence-corrected chi connectivity index (χ3v) is 4.52. The molecule has 3 nitrogen and oxygen atoms in total. The van der Waals surface area contributed by atoms with Crippen LogP contribution in [0.4, 0.5) is 5.69 Å². The first-order valence-electron chi connectivity index (χ1n) is 7.38. The summed E-state index contributed by atoms with van der Waals surface area (Å²) in [7, 11) is 0. The number of para-hydroxylation sites is 1. The number of anilines is 1. The molecule has 0 saturated carbocycles. The van der Waals surface area contributed by atoms with Crippen molar-refractivity contribution in [1.82, 2.24) is 5.32 Å². The Morgan fingerprint density at radius 3 is 2.59 bits per heavy atom. The first-order chi connectivity index (χ1) is 10.5. The van der Waals surface area contributed by atoms with E-state index in [1.807, 2.05) is 56.3 Å². The van der Waals surface area contributed by atoms with Gasteiger partial charge in [0.05, 0.1) is 11.5 Å². The highest BCUT2D eigenvalue weighted by Gasteiger charge is 2.33. The first kappa shape index (κ1) is 14.9. The Morgan fingerprint density at radius 2 is 1.86 bits per heavy atom. The number of carbonyl (C=O) groups excluding carboxylic acids is 1. The SMILES string of the molecule is CC(C)(C(=O)N[C@@H]1CNc2ccccc21)c1ccc(Cl)cc1. The zero-order valence-corrected chi connectivity index (χ0v) is 13.4. The highest BCUT2D eigenvalue weighted by molar-refractivity contribution is 6.30. The second kappa shape index (κ2) is 5.65. The van der Waals surface area contributed by atoms with Gasteiger partial charge in [0.25, 0.3) is 0 Å². The van der Waals surface area contributed by atoms with E-state index >= 15 is 0 Å². The highest BCUT2D eigenvalue weighted by atomic mass is 35.5. The molecule has 1 heterocycles. The van der Waals surface area contributed by atoms with Crippen molar-refractivity contribution in [2.24, 2.45) is 0 Å². The quantitative estimate of drug-likeness (QED) is 0.902. The molecule has 4 heteroatoms. The van der Waals surface area contributed by atoms with Crippen molar-refractivity contribution < 1.29 is 4.79 Å². The normalized spacial score (nSPS) is 16.8. The summed E-state index contributed by atoms with van der Waals surface area (Å²) >= 11 is 5.93. The van der Waals surface area contributed by atoms with Crippen LogP contribution in [-0.4, -0.2) is 12.5 Å². The van der Waals surface area contributed by atoms with Crippen molar-refractivity contribution in [3.8, 4) is 0 Å². The van der Waals surface area contributed by atoms with Gasteiger partial charge in [-0.15, -0.1) is 0 Å². The summed E-state index contributed by atoms with van der Waals surface area (Å²) in [4.78, 5) is 12.7. The molecule has 1 aliphatic heterocycles. The summed E-state index contributed by atoms with van der Waals surface area (Å²) in [5.74, 6) is 0.0123. The average Bonchev–Trinajstić information content (AvgIpc) is 2.91. The molecule has 0 saturated heterocycles. The van der Waals surface area contributed by atoms with Gasteiger partial charge in [0.1, 0.15) is 0 Å². The van der Waals surface area contributed by atoms with Crippen LogP contribution in [0.5, 0.6) is 0 Å². The summed E-state index contributed by atoms with van der Waals surface area (Å²) in [5.41, 5.74) is 2.58. The van der Waals surface area contributed by atoms with E-state index in [0.29, 0.717) is 5.02 Å². The van der Waals surface area contributed by atoms with Crippen LogP contribution in [0, 0.1) is 0 Å². The van der Waals surface area contributed by atoms with Gasteiger partial charge in [-0.1, -0.05) is 41.9 Å². The van der Waals surface area contributed by atoms with E-state index in [2.05, 4.69) is 16.7 Å². The van der Waals surface area contributed by atoms with Gasteiger partial charge in [-0.3, -0.25) is 4.79 Å². The number of halogens is 1. The molecule has 0 radical (unpaired) electrons. The number of hydrogen-bond acceptors (Lipinski definition) is 2. The fourth-order valence-corrected chi connectivity index (χ4v) is 2.87. The van der Waals surface area contributed by atoms with Crippen molar-refractivity contribution in [2.75, 3.05) is 11.9 Å². The van der Waals surface area contributed by atoms with Crippen LogP contribution in [-0.2, 0) is 10.2 Å². The minimum Gasteiger partial charge on any atom is -0.382 e. The second-order valence-corrected chi connectivity index (χ2v) is 6.56. The van der Waals surface area contributed by atoms with Crippen LogP contribution in [0.2, 0.25) is 5.02 Å². The maximum atomic E-state index is 12.7. The molecule has 2 aromatic rings. The zero-order valence-electron chi connectivity index (χ0n) is 12.7. The fraction of sp³-hybridized carbons (Fsp3) is 0.278. The van der Waals surface area contributed by atoms with Gasteiger partial charge in [-0.2, -0.15) is 0 Å². The Morgan fingerprint density at radius 1 is 1.18 bits per heavy atom. The third-order valence-electron chi connectivity index (χ3n) is 4.27. The van der Waals surface area contributed by atoms with Gasteiger partial charge in [0.2, 0.25) is 5.91 Å². The van der Waals surface area contributed by atoms with Crippen LogP contribution in [0.25, 0.3) is 0 Å². The van der Waals surface area contributed by atoms with Gasteiger partial charge in [-0.05, 0) is 43.2 Å². The van der Waals surface area contributed by atoms with E-state index in [4.69, 9.17) is 11.6 Å². The molecule has 1 amide bonds. The Balaban J connectivity index is 1.78. The van der Waals surface area contributed by atoms with Crippen molar-refractivity contribution >= 4 is 23.2 Å². The topological polar surface area (TPSA) is 41.1 Å². The van der Waals surface area contributed by atoms with E-state index < -0.39 is 5.41 Å². The predicted molar refractivity (Wildman–Crippen MR) is 90.3 cm³/mol. The van der Waals surface area contributed by atoms with E-state index in [0.717, 1.165) is 23.4 Å². The second-order valence-electron chi connectivity index (χ2n) is 6.13. The molecule has 2 aromatic carbocycles. The average molecular weight is 315 g/mol. The number of hydrogen-bond donors (Lipinski definition) is 2. The molecule has 22 heavy (non-hydrogen) atoms. The molecule has 2 N–H and O–H groups in total. The van der Waals surface area contributed by atoms with Crippen LogP contribution in [0.3, 0.4) is 0 Å². The number of nitrogens with one attached hydrogen (secondary N) is 2. The summed E-state index contributed by atoms with van der Waals surface area (Å²) in [6.45, 7) is 4.58. The first-order valence-corrected chi connectivity index (χ1v) is 7.76. The van der Waals surface area contributed by atoms with Gasteiger partial charge >= 0.3 is 0 Å². The Hall–Kier alpha value is -2.00. The minimum atomic E-state index is -0.609. The monoisotopic (exact) mass is 314 g/mol. The summed E-state index contributed by atoms with van der Waals surface area (Å²) in [6, 6.07) is 15.5. The van der Waals surface area contributed by atoms with E-state index in [1.165, 1.54) is 0 Å². The standard InChI is InChI=1S/C18H19ClN2O/c1-18(2,12-7-9-13(19)10-8-12)17(22)21-16-11-20-15-6-4-3-5-14(15)16/h3-10,16,20H,11H2,1-2H3,(H,21,22)/t16-/m1/s1. The molecule has 0 aliphatic carbocycles. The molecule has 0 unspecified atom stereocenters. The lowest BCUT2D eigenvalue weighted by Crippen LogP contribution is -2.42. The molecular formula is C18H19ClN2O. The van der Waals surface area contributed by atoms with Crippen LogP contribution < -0.4 is 10.6 Å². The molecule has 0 spiro atoms. The molecule has 1 atom stereocenters. The van der Waals surface area contributed by atoms with Crippen molar-refractivity contribution in [3.05, 3.63) is 64.7 Å². The predicted octanol–water partition coefficient (Wildman–Crippen LogP) is 3.90. The molecule has 1 aliphatic rings. The number of carbonyl (C=O) groups is 1. The van der Waals surface area contributed by atoms with Crippen LogP contribution in [0.1, 0.15) is 31.0 Å². The Labute approximate surface area is 135 Å².